The highest BCUT2D eigenvalue weighted by atomic mass is 19.4. The highest BCUT2D eigenvalue weighted by Gasteiger charge is 2.31. The molecule has 0 aliphatic heterocycles. The van der Waals surface area contributed by atoms with Gasteiger partial charge in [-0.3, -0.25) is 4.98 Å². The molecule has 1 heterocycles. The third kappa shape index (κ3) is 2.74. The fourth-order valence-corrected chi connectivity index (χ4v) is 1.80. The van der Waals surface area contributed by atoms with Crippen LogP contribution < -0.4 is 5.73 Å². The molecule has 0 radical (unpaired) electrons. The number of pyridine rings is 1. The Kier molecular flexibility index (Phi) is 3.02. The van der Waals surface area contributed by atoms with Crippen molar-refractivity contribution in [2.75, 3.05) is 0 Å². The summed E-state index contributed by atoms with van der Waals surface area (Å²) in [5, 5.41) is 0.673. The van der Waals surface area contributed by atoms with Gasteiger partial charge in [0.2, 0.25) is 0 Å². The molecule has 17 heavy (non-hydrogen) atoms. The molecule has 0 aliphatic rings. The number of rotatable bonds is 2. The maximum Gasteiger partial charge on any atom is 0.390 e. The fraction of sp³-hybridized carbons (Fsp3) is 0.250. The Hall–Kier alpha value is -1.62. The van der Waals surface area contributed by atoms with Crippen molar-refractivity contribution in [2.24, 2.45) is 5.73 Å². The van der Waals surface area contributed by atoms with Crippen molar-refractivity contribution in [1.82, 2.24) is 4.98 Å². The molecule has 1 aromatic heterocycles. The minimum absolute atomic E-state index is 0.480. The first-order chi connectivity index (χ1) is 7.97. The lowest BCUT2D eigenvalue weighted by Crippen LogP contribution is -2.20. The molecule has 0 spiro atoms. The van der Waals surface area contributed by atoms with E-state index in [-0.39, 0.29) is 0 Å². The van der Waals surface area contributed by atoms with Gasteiger partial charge in [-0.05, 0) is 17.7 Å². The molecule has 2 nitrogen and oxygen atoms in total. The monoisotopic (exact) mass is 240 g/mol. The smallest absolute Gasteiger partial charge is 0.324 e. The molecule has 90 valence electrons. The highest BCUT2D eigenvalue weighted by molar-refractivity contribution is 5.82. The number of para-hydroxylation sites is 1. The van der Waals surface area contributed by atoms with E-state index in [2.05, 4.69) is 4.98 Å². The maximum atomic E-state index is 12.3. The van der Waals surface area contributed by atoms with Crippen LogP contribution in [0.15, 0.2) is 36.5 Å². The summed E-state index contributed by atoms with van der Waals surface area (Å²) in [6.07, 6.45) is -3.81. The number of hydrogen-bond acceptors (Lipinski definition) is 2. The summed E-state index contributed by atoms with van der Waals surface area (Å²) >= 11 is 0. The second-order valence-corrected chi connectivity index (χ2v) is 3.84. The number of halogens is 3. The zero-order valence-electron chi connectivity index (χ0n) is 8.91. The molecule has 0 fully saturated rings. The summed E-state index contributed by atoms with van der Waals surface area (Å²) < 4.78 is 36.9. The molecule has 5 heteroatoms. The topological polar surface area (TPSA) is 38.9 Å². The Morgan fingerprint density at radius 2 is 1.88 bits per heavy atom. The normalized spacial score (nSPS) is 13.9. The van der Waals surface area contributed by atoms with Gasteiger partial charge in [-0.1, -0.05) is 18.2 Å². The molecule has 0 saturated carbocycles. The van der Waals surface area contributed by atoms with Gasteiger partial charge in [-0.15, -0.1) is 0 Å². The van der Waals surface area contributed by atoms with Crippen LogP contribution in [-0.4, -0.2) is 11.2 Å². The maximum absolute atomic E-state index is 12.3. The molecule has 0 saturated heterocycles. The number of benzene rings is 1. The predicted octanol–water partition coefficient (Wildman–Crippen LogP) is 3.19. The molecule has 2 N–H and O–H groups in total. The summed E-state index contributed by atoms with van der Waals surface area (Å²) in [6.45, 7) is 0. The third-order valence-electron chi connectivity index (χ3n) is 2.53. The standard InChI is InChI=1S/C12H11F3N2/c13-12(14,15)7-10(16)8-5-6-17-11-4-2-1-3-9(8)11/h1-6,10H,7,16H2/t10-/m1/s1. The lowest BCUT2D eigenvalue weighted by Gasteiger charge is -2.16. The minimum Gasteiger partial charge on any atom is -0.324 e. The quantitative estimate of drug-likeness (QED) is 0.875. The van der Waals surface area contributed by atoms with Crippen molar-refractivity contribution in [3.63, 3.8) is 0 Å². The predicted molar refractivity (Wildman–Crippen MR) is 59.3 cm³/mol. The summed E-state index contributed by atoms with van der Waals surface area (Å²) in [5.74, 6) is 0. The van der Waals surface area contributed by atoms with E-state index in [1.807, 2.05) is 0 Å². The van der Waals surface area contributed by atoms with Crippen molar-refractivity contribution in [3.05, 3.63) is 42.1 Å². The van der Waals surface area contributed by atoms with E-state index < -0.39 is 18.6 Å². The molecule has 0 aliphatic carbocycles. The average molecular weight is 240 g/mol. The van der Waals surface area contributed by atoms with E-state index in [1.165, 1.54) is 6.20 Å². The van der Waals surface area contributed by atoms with Crippen molar-refractivity contribution in [1.29, 1.82) is 0 Å². The van der Waals surface area contributed by atoms with Crippen molar-refractivity contribution >= 4 is 10.9 Å². The zero-order valence-corrected chi connectivity index (χ0v) is 8.91. The lowest BCUT2D eigenvalue weighted by atomic mass is 10.0. The summed E-state index contributed by atoms with van der Waals surface area (Å²) in [5.41, 5.74) is 6.73. The second-order valence-electron chi connectivity index (χ2n) is 3.84. The average Bonchev–Trinajstić information content (AvgIpc) is 2.26. The number of nitrogens with zero attached hydrogens (tertiary/aromatic N) is 1. The van der Waals surface area contributed by atoms with Crippen LogP contribution in [0.25, 0.3) is 10.9 Å². The van der Waals surface area contributed by atoms with Crippen LogP contribution in [0.2, 0.25) is 0 Å². The molecular weight excluding hydrogens is 229 g/mol. The van der Waals surface area contributed by atoms with Gasteiger partial charge in [0.25, 0.3) is 0 Å². The summed E-state index contributed by atoms with van der Waals surface area (Å²) in [4.78, 5) is 4.08. The van der Waals surface area contributed by atoms with Crippen LogP contribution in [0.1, 0.15) is 18.0 Å². The van der Waals surface area contributed by atoms with Gasteiger partial charge in [0, 0.05) is 17.6 Å². The van der Waals surface area contributed by atoms with Crippen LogP contribution in [0.4, 0.5) is 13.2 Å². The van der Waals surface area contributed by atoms with Gasteiger partial charge < -0.3 is 5.73 Å². The third-order valence-corrected chi connectivity index (χ3v) is 2.53. The van der Waals surface area contributed by atoms with Crippen LogP contribution in [0.3, 0.4) is 0 Å². The Balaban J connectivity index is 2.41. The first-order valence-electron chi connectivity index (χ1n) is 5.13. The largest absolute Gasteiger partial charge is 0.390 e. The molecule has 1 aromatic carbocycles. The number of hydrogen-bond donors (Lipinski definition) is 1. The number of fused-ring (bicyclic) bond motifs is 1. The van der Waals surface area contributed by atoms with Gasteiger partial charge in [0.15, 0.2) is 0 Å². The van der Waals surface area contributed by atoms with Crippen LogP contribution in [-0.2, 0) is 0 Å². The second kappa shape index (κ2) is 4.33. The molecule has 2 rings (SSSR count). The molecule has 2 aromatic rings. The Labute approximate surface area is 96.3 Å². The highest BCUT2D eigenvalue weighted by Crippen LogP contribution is 2.30. The van der Waals surface area contributed by atoms with Gasteiger partial charge in [0.1, 0.15) is 0 Å². The van der Waals surface area contributed by atoms with Gasteiger partial charge >= 0.3 is 6.18 Å². The lowest BCUT2D eigenvalue weighted by molar-refractivity contribution is -0.138. The molecule has 0 bridgehead atoms. The Bertz CT molecular complexity index is 517. The van der Waals surface area contributed by atoms with E-state index in [0.29, 0.717) is 16.5 Å². The molecule has 1 atom stereocenters. The van der Waals surface area contributed by atoms with Crippen LogP contribution >= 0.6 is 0 Å². The van der Waals surface area contributed by atoms with Crippen molar-refractivity contribution < 1.29 is 13.2 Å². The van der Waals surface area contributed by atoms with Crippen LogP contribution in [0.5, 0.6) is 0 Å². The number of alkyl halides is 3. The van der Waals surface area contributed by atoms with Gasteiger partial charge in [0.05, 0.1) is 11.9 Å². The SMILES string of the molecule is N[C@H](CC(F)(F)F)c1ccnc2ccccc12. The van der Waals surface area contributed by atoms with Crippen molar-refractivity contribution in [3.8, 4) is 0 Å². The van der Waals surface area contributed by atoms with E-state index in [9.17, 15) is 13.2 Å². The zero-order chi connectivity index (χ0) is 12.5. The Morgan fingerprint density at radius 3 is 2.59 bits per heavy atom. The van der Waals surface area contributed by atoms with E-state index in [1.54, 1.807) is 30.3 Å². The minimum atomic E-state index is -4.26. The number of nitrogens with two attached hydrogens (primary N) is 1. The summed E-state index contributed by atoms with van der Waals surface area (Å²) in [6, 6.07) is 7.51. The van der Waals surface area contributed by atoms with Crippen LogP contribution in [0, 0.1) is 0 Å². The van der Waals surface area contributed by atoms with E-state index in [4.69, 9.17) is 5.73 Å². The molecule has 0 amide bonds. The molecular formula is C12H11F3N2. The fourth-order valence-electron chi connectivity index (χ4n) is 1.80. The first kappa shape index (κ1) is 11.9. The van der Waals surface area contributed by atoms with E-state index in [0.717, 1.165) is 0 Å². The van der Waals surface area contributed by atoms with Gasteiger partial charge in [-0.2, -0.15) is 13.2 Å². The van der Waals surface area contributed by atoms with Gasteiger partial charge in [-0.25, -0.2) is 0 Å². The molecule has 0 unspecified atom stereocenters. The Morgan fingerprint density at radius 1 is 1.18 bits per heavy atom. The van der Waals surface area contributed by atoms with E-state index >= 15 is 0 Å². The first-order valence-corrected chi connectivity index (χ1v) is 5.13. The number of aromatic nitrogens is 1. The van der Waals surface area contributed by atoms with Crippen molar-refractivity contribution in [2.45, 2.75) is 18.6 Å². The summed E-state index contributed by atoms with van der Waals surface area (Å²) in [7, 11) is 0.